The van der Waals surface area contributed by atoms with Crippen LogP contribution < -0.4 is 33.1 Å². The second kappa shape index (κ2) is 18.8. The Morgan fingerprint density at radius 2 is 1.50 bits per heavy atom. The molecule has 0 radical (unpaired) electrons. The summed E-state index contributed by atoms with van der Waals surface area (Å²) in [5, 5.41) is 0. The zero-order valence-electron chi connectivity index (χ0n) is 12.0. The number of unbranched alkanes of at least 4 members (excludes halogenated alkanes) is 3. The summed E-state index contributed by atoms with van der Waals surface area (Å²) in [5.74, 6) is 0.150. The monoisotopic (exact) mass is 289 g/mol. The molecule has 0 rings (SSSR count). The molecule has 0 fully saturated rings. The highest BCUT2D eigenvalue weighted by molar-refractivity contribution is 7.40. The number of phosphoric acid groups is 1. The van der Waals surface area contributed by atoms with Gasteiger partial charge in [0.25, 0.3) is 0 Å². The van der Waals surface area contributed by atoms with E-state index in [1.54, 1.807) is 13.0 Å². The van der Waals surface area contributed by atoms with Crippen molar-refractivity contribution in [3.63, 3.8) is 0 Å². The SMILES string of the molecule is CCCCCC=CC(C)=O.O=P([O-])([O-])[O-].[NH4+].[NH4+].[NH4+]. The summed E-state index contributed by atoms with van der Waals surface area (Å²) in [4.78, 5) is 36.0. The highest BCUT2D eigenvalue weighted by Gasteiger charge is 1.83. The summed E-state index contributed by atoms with van der Waals surface area (Å²) in [7, 11) is -5.39. The van der Waals surface area contributed by atoms with E-state index in [-0.39, 0.29) is 24.2 Å². The van der Waals surface area contributed by atoms with Crippen molar-refractivity contribution in [2.24, 2.45) is 0 Å². The van der Waals surface area contributed by atoms with E-state index >= 15 is 0 Å². The molecule has 0 aromatic heterocycles. The zero-order valence-corrected chi connectivity index (χ0v) is 12.9. The quantitative estimate of drug-likeness (QED) is 0.382. The van der Waals surface area contributed by atoms with Crippen LogP contribution in [0.4, 0.5) is 0 Å². The van der Waals surface area contributed by atoms with Gasteiger partial charge in [0.05, 0.1) is 0 Å². The second-order valence-electron chi connectivity index (χ2n) is 2.96. The first kappa shape index (κ1) is 30.4. The fourth-order valence-electron chi connectivity index (χ4n) is 0.761. The Balaban J connectivity index is -0.0000000621. The van der Waals surface area contributed by atoms with E-state index in [0.29, 0.717) is 0 Å². The third-order valence-corrected chi connectivity index (χ3v) is 1.33. The Kier molecular flexibility index (Phi) is 31.7. The number of ketones is 1. The summed E-state index contributed by atoms with van der Waals surface area (Å²) >= 11 is 0. The minimum Gasteiger partial charge on any atom is -0.822 e. The van der Waals surface area contributed by atoms with Crippen molar-refractivity contribution in [1.29, 1.82) is 0 Å². The first-order valence-corrected chi connectivity index (χ1v) is 6.13. The molecule has 0 aliphatic carbocycles. The van der Waals surface area contributed by atoms with Gasteiger partial charge in [-0.1, -0.05) is 25.8 Å². The largest absolute Gasteiger partial charge is 0.822 e. The van der Waals surface area contributed by atoms with E-state index in [2.05, 4.69) is 6.92 Å². The Hall–Kier alpha value is -0.600. The van der Waals surface area contributed by atoms with E-state index in [1.807, 2.05) is 6.08 Å². The topological polar surface area (TPSA) is 213 Å². The molecule has 0 spiro atoms. The number of quaternary nitrogens is 3. The molecule has 0 unspecified atom stereocenters. The van der Waals surface area contributed by atoms with Gasteiger partial charge < -0.3 is 37.7 Å². The van der Waals surface area contributed by atoms with Crippen LogP contribution in [0, 0.1) is 0 Å². The smallest absolute Gasteiger partial charge is 0.152 e. The third kappa shape index (κ3) is 78.0. The molecule has 9 heteroatoms. The molecule has 0 aliphatic heterocycles. The van der Waals surface area contributed by atoms with Gasteiger partial charge in [0, 0.05) is 0 Å². The lowest BCUT2D eigenvalue weighted by molar-refractivity contribution is -0.432. The number of carbonyl (C=O) groups is 1. The Labute approximate surface area is 108 Å². The van der Waals surface area contributed by atoms with Crippen LogP contribution in [0.3, 0.4) is 0 Å². The molecule has 0 amide bonds. The van der Waals surface area contributed by atoms with Crippen molar-refractivity contribution >= 4 is 13.6 Å². The highest BCUT2D eigenvalue weighted by Crippen LogP contribution is 2.03. The molecule has 18 heavy (non-hydrogen) atoms. The molecular formula is C9H28N3O5P. The Morgan fingerprint density at radius 3 is 1.78 bits per heavy atom. The summed E-state index contributed by atoms with van der Waals surface area (Å²) < 4.78 is 8.55. The number of carbonyl (C=O) groups excluding carboxylic acids is 1. The average molecular weight is 289 g/mol. The molecule has 0 heterocycles. The van der Waals surface area contributed by atoms with E-state index in [0.717, 1.165) is 6.42 Å². The summed E-state index contributed by atoms with van der Waals surface area (Å²) in [6.45, 7) is 3.75. The minimum atomic E-state index is -5.39. The van der Waals surface area contributed by atoms with Gasteiger partial charge in [0.1, 0.15) is 0 Å². The van der Waals surface area contributed by atoms with Gasteiger partial charge >= 0.3 is 0 Å². The molecule has 0 aliphatic rings. The van der Waals surface area contributed by atoms with Crippen molar-refractivity contribution in [2.75, 3.05) is 0 Å². The van der Waals surface area contributed by atoms with Crippen LogP contribution in [0.1, 0.15) is 39.5 Å². The fraction of sp³-hybridized carbons (Fsp3) is 0.667. The number of allylic oxidation sites excluding steroid dienone is 2. The molecular weight excluding hydrogens is 261 g/mol. The normalized spacial score (nSPS) is 9.17. The van der Waals surface area contributed by atoms with E-state index < -0.39 is 7.82 Å². The predicted molar refractivity (Wildman–Crippen MR) is 69.5 cm³/mol. The van der Waals surface area contributed by atoms with Gasteiger partial charge in [0.2, 0.25) is 0 Å². The first-order valence-electron chi connectivity index (χ1n) is 4.67. The molecule has 114 valence electrons. The Bertz CT molecular complexity index is 234. The van der Waals surface area contributed by atoms with Crippen LogP contribution in [0.25, 0.3) is 0 Å². The standard InChI is InChI=1S/C9H16O.3H3N.H3O4P/c1-3-4-5-6-7-8-9(2)10;;;;1-5(2,3)4/h7-8H,3-6H2,1-2H3;3*1H3;(H3,1,2,3,4). The van der Waals surface area contributed by atoms with Gasteiger partial charge in [0.15, 0.2) is 5.78 Å². The molecule has 0 aromatic carbocycles. The molecule has 0 atom stereocenters. The fourth-order valence-corrected chi connectivity index (χ4v) is 0.761. The number of hydrogen-bond donors (Lipinski definition) is 3. The predicted octanol–water partition coefficient (Wildman–Crippen LogP) is 1.02. The molecule has 8 nitrogen and oxygen atoms in total. The summed E-state index contributed by atoms with van der Waals surface area (Å²) in [5.41, 5.74) is 0. The summed E-state index contributed by atoms with van der Waals surface area (Å²) in [6.07, 6.45) is 8.37. The maximum atomic E-state index is 10.4. The lowest BCUT2D eigenvalue weighted by Crippen LogP contribution is -2.24. The van der Waals surface area contributed by atoms with Crippen molar-refractivity contribution in [3.8, 4) is 0 Å². The third-order valence-electron chi connectivity index (χ3n) is 1.33. The van der Waals surface area contributed by atoms with Crippen molar-refractivity contribution in [2.45, 2.75) is 39.5 Å². The molecule has 12 N–H and O–H groups in total. The van der Waals surface area contributed by atoms with Crippen molar-refractivity contribution < 1.29 is 24.0 Å². The van der Waals surface area contributed by atoms with Crippen LogP contribution in [-0.4, -0.2) is 5.78 Å². The lowest BCUT2D eigenvalue weighted by Gasteiger charge is -2.36. The average Bonchev–Trinajstić information content (AvgIpc) is 2.00. The minimum absolute atomic E-state index is 0. The molecule has 0 saturated carbocycles. The zero-order chi connectivity index (χ0) is 12.3. The van der Waals surface area contributed by atoms with E-state index in [4.69, 9.17) is 19.2 Å². The van der Waals surface area contributed by atoms with E-state index in [1.165, 1.54) is 19.3 Å². The van der Waals surface area contributed by atoms with Crippen LogP contribution in [0.15, 0.2) is 12.2 Å². The van der Waals surface area contributed by atoms with Gasteiger partial charge in [-0.05, 0) is 25.8 Å². The maximum absolute atomic E-state index is 10.4. The van der Waals surface area contributed by atoms with Crippen LogP contribution >= 0.6 is 7.82 Å². The number of rotatable bonds is 5. The van der Waals surface area contributed by atoms with Crippen LogP contribution in [0.5, 0.6) is 0 Å². The molecule has 0 saturated heterocycles. The first-order chi connectivity index (χ1) is 6.77. The Morgan fingerprint density at radius 1 is 1.11 bits per heavy atom. The van der Waals surface area contributed by atoms with Gasteiger partial charge in [-0.25, -0.2) is 0 Å². The van der Waals surface area contributed by atoms with Gasteiger partial charge in [-0.15, -0.1) is 0 Å². The molecule has 0 aromatic rings. The van der Waals surface area contributed by atoms with Crippen molar-refractivity contribution in [1.82, 2.24) is 18.5 Å². The lowest BCUT2D eigenvalue weighted by atomic mass is 10.2. The molecule has 0 bridgehead atoms. The maximum Gasteiger partial charge on any atom is 0.152 e. The number of hydrogen-bond acceptors (Lipinski definition) is 5. The highest BCUT2D eigenvalue weighted by atomic mass is 31.2. The second-order valence-corrected chi connectivity index (χ2v) is 3.85. The van der Waals surface area contributed by atoms with Crippen LogP contribution in [0.2, 0.25) is 0 Å². The van der Waals surface area contributed by atoms with Gasteiger partial charge in [-0.2, -0.15) is 7.82 Å². The van der Waals surface area contributed by atoms with Crippen molar-refractivity contribution in [3.05, 3.63) is 12.2 Å². The summed E-state index contributed by atoms with van der Waals surface area (Å²) in [6, 6.07) is 0. The van der Waals surface area contributed by atoms with Crippen LogP contribution in [-0.2, 0) is 9.36 Å². The van der Waals surface area contributed by atoms with E-state index in [9.17, 15) is 4.79 Å². The van der Waals surface area contributed by atoms with Gasteiger partial charge in [-0.3, -0.25) is 4.79 Å².